The van der Waals surface area contributed by atoms with E-state index in [4.69, 9.17) is 9.47 Å². The van der Waals surface area contributed by atoms with Crippen LogP contribution in [0.2, 0.25) is 0 Å². The standard InChI is InChI=1S/C24H32N6O2/c1-24(2,3)30-23(25-26-27-30)22(20-12-11-19(31-4)17-21(20)32-5)29-15-13-28(14-16-29)18-9-7-6-8-10-18/h6-12,17,22H,13-16H2,1-5H3. The van der Waals surface area contributed by atoms with E-state index in [1.54, 1.807) is 14.2 Å². The van der Waals surface area contributed by atoms with E-state index in [1.807, 2.05) is 16.8 Å². The van der Waals surface area contributed by atoms with Crippen molar-refractivity contribution in [3.05, 3.63) is 59.9 Å². The molecular formula is C24H32N6O2. The summed E-state index contributed by atoms with van der Waals surface area (Å²) in [6.07, 6.45) is 0. The number of aromatic nitrogens is 4. The monoisotopic (exact) mass is 436 g/mol. The number of benzene rings is 2. The summed E-state index contributed by atoms with van der Waals surface area (Å²) < 4.78 is 13.1. The summed E-state index contributed by atoms with van der Waals surface area (Å²) in [4.78, 5) is 4.86. The SMILES string of the molecule is COc1ccc(C(c2nnnn2C(C)(C)C)N2CCN(c3ccccc3)CC2)c(OC)c1. The number of para-hydroxylation sites is 1. The Bertz CT molecular complexity index is 1020. The van der Waals surface area contributed by atoms with Crippen LogP contribution in [0.25, 0.3) is 0 Å². The van der Waals surface area contributed by atoms with Gasteiger partial charge in [-0.2, -0.15) is 0 Å². The Balaban J connectivity index is 1.71. The molecule has 1 aliphatic rings. The topological polar surface area (TPSA) is 68.5 Å². The Hall–Kier alpha value is -3.13. The minimum Gasteiger partial charge on any atom is -0.497 e. The quantitative estimate of drug-likeness (QED) is 0.587. The molecule has 0 saturated carbocycles. The Morgan fingerprint density at radius 1 is 0.906 bits per heavy atom. The van der Waals surface area contributed by atoms with Gasteiger partial charge in [-0.1, -0.05) is 18.2 Å². The second-order valence-electron chi connectivity index (χ2n) is 8.99. The molecule has 0 bridgehead atoms. The molecule has 1 unspecified atom stereocenters. The molecule has 8 heteroatoms. The molecule has 1 aliphatic heterocycles. The lowest BCUT2D eigenvalue weighted by atomic mass is 10.00. The number of methoxy groups -OCH3 is 2. The molecule has 1 atom stereocenters. The Kier molecular flexibility index (Phi) is 6.32. The number of piperazine rings is 1. The van der Waals surface area contributed by atoms with Crippen molar-refractivity contribution >= 4 is 5.69 Å². The highest BCUT2D eigenvalue weighted by Crippen LogP contribution is 2.37. The molecule has 2 aromatic carbocycles. The van der Waals surface area contributed by atoms with Crippen LogP contribution in [0, 0.1) is 0 Å². The molecule has 0 amide bonds. The summed E-state index contributed by atoms with van der Waals surface area (Å²) in [5, 5.41) is 12.9. The number of tetrazole rings is 1. The zero-order chi connectivity index (χ0) is 22.7. The summed E-state index contributed by atoms with van der Waals surface area (Å²) in [5.74, 6) is 2.34. The average Bonchev–Trinajstić information content (AvgIpc) is 3.31. The van der Waals surface area contributed by atoms with Gasteiger partial charge in [-0.15, -0.1) is 5.10 Å². The maximum absolute atomic E-state index is 5.78. The molecule has 1 saturated heterocycles. The molecule has 4 rings (SSSR count). The number of hydrogen-bond acceptors (Lipinski definition) is 7. The molecule has 8 nitrogen and oxygen atoms in total. The van der Waals surface area contributed by atoms with Crippen molar-refractivity contribution < 1.29 is 9.47 Å². The predicted octanol–water partition coefficient (Wildman–Crippen LogP) is 3.36. The summed E-state index contributed by atoms with van der Waals surface area (Å²) in [6, 6.07) is 16.4. The summed E-state index contributed by atoms with van der Waals surface area (Å²) in [5.41, 5.74) is 2.04. The Morgan fingerprint density at radius 2 is 1.62 bits per heavy atom. The van der Waals surface area contributed by atoms with E-state index < -0.39 is 0 Å². The number of anilines is 1. The largest absolute Gasteiger partial charge is 0.497 e. The third-order valence-electron chi connectivity index (χ3n) is 5.91. The Morgan fingerprint density at radius 3 is 2.25 bits per heavy atom. The van der Waals surface area contributed by atoms with Crippen molar-refractivity contribution in [3.8, 4) is 11.5 Å². The van der Waals surface area contributed by atoms with Crippen molar-refractivity contribution in [1.29, 1.82) is 0 Å². The van der Waals surface area contributed by atoms with Crippen LogP contribution in [0.15, 0.2) is 48.5 Å². The lowest BCUT2D eigenvalue weighted by Gasteiger charge is -2.40. The molecule has 0 aliphatic carbocycles. The molecule has 32 heavy (non-hydrogen) atoms. The van der Waals surface area contributed by atoms with Crippen molar-refractivity contribution in [2.75, 3.05) is 45.3 Å². The van der Waals surface area contributed by atoms with E-state index in [2.05, 4.69) is 82.5 Å². The average molecular weight is 437 g/mol. The van der Waals surface area contributed by atoms with Crippen LogP contribution >= 0.6 is 0 Å². The first-order valence-corrected chi connectivity index (χ1v) is 11.0. The summed E-state index contributed by atoms with van der Waals surface area (Å²) in [6.45, 7) is 9.96. The van der Waals surface area contributed by atoms with Gasteiger partial charge in [0.25, 0.3) is 0 Å². The first kappa shape index (κ1) is 22.1. The van der Waals surface area contributed by atoms with Crippen LogP contribution in [0.3, 0.4) is 0 Å². The van der Waals surface area contributed by atoms with Gasteiger partial charge in [0.05, 0.1) is 19.8 Å². The van der Waals surface area contributed by atoms with E-state index in [0.29, 0.717) is 0 Å². The smallest absolute Gasteiger partial charge is 0.173 e. The Labute approximate surface area is 189 Å². The van der Waals surface area contributed by atoms with Crippen LogP contribution < -0.4 is 14.4 Å². The fraction of sp³-hybridized carbons (Fsp3) is 0.458. The van der Waals surface area contributed by atoms with Crippen LogP contribution in [0.1, 0.15) is 38.2 Å². The number of hydrogen-bond donors (Lipinski definition) is 0. The highest BCUT2D eigenvalue weighted by molar-refractivity contribution is 5.47. The molecular weight excluding hydrogens is 404 g/mol. The second kappa shape index (κ2) is 9.16. The molecule has 3 aromatic rings. The highest BCUT2D eigenvalue weighted by Gasteiger charge is 2.35. The molecule has 2 heterocycles. The summed E-state index contributed by atoms with van der Waals surface area (Å²) in [7, 11) is 3.35. The van der Waals surface area contributed by atoms with E-state index >= 15 is 0 Å². The zero-order valence-corrected chi connectivity index (χ0v) is 19.5. The van der Waals surface area contributed by atoms with E-state index in [1.165, 1.54) is 5.69 Å². The molecule has 170 valence electrons. The van der Waals surface area contributed by atoms with Crippen LogP contribution in [0.5, 0.6) is 11.5 Å². The lowest BCUT2D eigenvalue weighted by Crippen LogP contribution is -2.48. The van der Waals surface area contributed by atoms with Gasteiger partial charge in [0, 0.05) is 43.5 Å². The van der Waals surface area contributed by atoms with E-state index in [9.17, 15) is 0 Å². The zero-order valence-electron chi connectivity index (χ0n) is 19.5. The van der Waals surface area contributed by atoms with Gasteiger partial charge in [0.2, 0.25) is 0 Å². The normalized spacial score (nSPS) is 16.1. The number of nitrogens with zero attached hydrogens (tertiary/aromatic N) is 6. The fourth-order valence-corrected chi connectivity index (χ4v) is 4.26. The maximum atomic E-state index is 5.78. The predicted molar refractivity (Wildman–Crippen MR) is 124 cm³/mol. The van der Waals surface area contributed by atoms with Crippen molar-refractivity contribution in [1.82, 2.24) is 25.1 Å². The third kappa shape index (κ3) is 4.41. The van der Waals surface area contributed by atoms with Crippen LogP contribution in [-0.2, 0) is 5.54 Å². The van der Waals surface area contributed by atoms with E-state index in [-0.39, 0.29) is 11.6 Å². The van der Waals surface area contributed by atoms with Gasteiger partial charge in [0.15, 0.2) is 5.82 Å². The minimum atomic E-state index is -0.247. The van der Waals surface area contributed by atoms with Crippen molar-refractivity contribution in [3.63, 3.8) is 0 Å². The molecule has 1 fully saturated rings. The first-order valence-electron chi connectivity index (χ1n) is 11.0. The highest BCUT2D eigenvalue weighted by atomic mass is 16.5. The lowest BCUT2D eigenvalue weighted by molar-refractivity contribution is 0.188. The molecule has 1 aromatic heterocycles. The van der Waals surface area contributed by atoms with Gasteiger partial charge in [0.1, 0.15) is 17.5 Å². The van der Waals surface area contributed by atoms with Gasteiger partial charge >= 0.3 is 0 Å². The van der Waals surface area contributed by atoms with E-state index in [0.717, 1.165) is 49.1 Å². The second-order valence-corrected chi connectivity index (χ2v) is 8.99. The summed E-state index contributed by atoms with van der Waals surface area (Å²) >= 11 is 0. The van der Waals surface area contributed by atoms with Gasteiger partial charge in [-0.3, -0.25) is 4.90 Å². The van der Waals surface area contributed by atoms with Gasteiger partial charge in [-0.25, -0.2) is 4.68 Å². The van der Waals surface area contributed by atoms with Crippen LogP contribution in [-0.4, -0.2) is 65.5 Å². The van der Waals surface area contributed by atoms with Gasteiger partial charge < -0.3 is 14.4 Å². The fourth-order valence-electron chi connectivity index (χ4n) is 4.26. The molecule has 0 radical (unpaired) electrons. The first-order chi connectivity index (χ1) is 15.4. The number of ether oxygens (including phenoxy) is 2. The molecule has 0 spiro atoms. The van der Waals surface area contributed by atoms with Gasteiger partial charge in [-0.05, 0) is 55.5 Å². The number of rotatable bonds is 6. The maximum Gasteiger partial charge on any atom is 0.173 e. The minimum absolute atomic E-state index is 0.136. The van der Waals surface area contributed by atoms with Crippen LogP contribution in [0.4, 0.5) is 5.69 Å². The third-order valence-corrected chi connectivity index (χ3v) is 5.91. The van der Waals surface area contributed by atoms with Crippen molar-refractivity contribution in [2.45, 2.75) is 32.4 Å². The molecule has 0 N–H and O–H groups in total. The van der Waals surface area contributed by atoms with Crippen molar-refractivity contribution in [2.24, 2.45) is 0 Å².